The molecular formula is C22H24F3N5OS. The molecule has 0 amide bonds. The quantitative estimate of drug-likeness (QED) is 0.378. The second kappa shape index (κ2) is 7.91. The van der Waals surface area contributed by atoms with Gasteiger partial charge in [0.2, 0.25) is 5.82 Å². The lowest BCUT2D eigenvalue weighted by atomic mass is 9.94. The van der Waals surface area contributed by atoms with Crippen molar-refractivity contribution in [2.45, 2.75) is 36.5 Å². The van der Waals surface area contributed by atoms with E-state index in [2.05, 4.69) is 20.1 Å². The molecule has 1 aliphatic heterocycles. The molecule has 5 rings (SSSR count). The number of benzene rings is 1. The Balaban J connectivity index is 1.12. The Hall–Kier alpha value is -2.33. The van der Waals surface area contributed by atoms with Gasteiger partial charge in [-0.25, -0.2) is 4.98 Å². The van der Waals surface area contributed by atoms with Crippen molar-refractivity contribution in [3.05, 3.63) is 47.5 Å². The van der Waals surface area contributed by atoms with Crippen LogP contribution in [0.5, 0.6) is 0 Å². The first-order chi connectivity index (χ1) is 15.3. The van der Waals surface area contributed by atoms with Gasteiger partial charge in [0.25, 0.3) is 0 Å². The molecule has 2 aliphatic rings. The van der Waals surface area contributed by atoms with E-state index in [0.29, 0.717) is 17.5 Å². The highest BCUT2D eigenvalue weighted by atomic mass is 32.2. The summed E-state index contributed by atoms with van der Waals surface area (Å²) in [7, 11) is 1.92. The molecule has 2 atom stereocenters. The van der Waals surface area contributed by atoms with Crippen LogP contribution in [0.3, 0.4) is 0 Å². The number of fused-ring (bicyclic) bond motifs is 1. The monoisotopic (exact) mass is 463 g/mol. The third-order valence-electron chi connectivity index (χ3n) is 6.64. The number of alkyl halides is 3. The maximum absolute atomic E-state index is 12.8. The van der Waals surface area contributed by atoms with Gasteiger partial charge in [0, 0.05) is 31.3 Å². The molecule has 32 heavy (non-hydrogen) atoms. The van der Waals surface area contributed by atoms with Gasteiger partial charge in [0.1, 0.15) is 0 Å². The fourth-order valence-corrected chi connectivity index (χ4v) is 5.64. The topological polar surface area (TPSA) is 60.0 Å². The van der Waals surface area contributed by atoms with Crippen LogP contribution < -0.4 is 0 Å². The molecule has 1 saturated heterocycles. The highest BCUT2D eigenvalue weighted by molar-refractivity contribution is 7.99. The zero-order chi connectivity index (χ0) is 22.5. The summed E-state index contributed by atoms with van der Waals surface area (Å²) in [4.78, 5) is 6.54. The molecule has 0 spiro atoms. The van der Waals surface area contributed by atoms with Crippen molar-refractivity contribution in [3.8, 4) is 11.6 Å². The fraction of sp³-hybridized carbons (Fsp3) is 0.500. The summed E-state index contributed by atoms with van der Waals surface area (Å²) in [6.07, 6.45) is -0.795. The predicted octanol–water partition coefficient (Wildman–Crippen LogP) is 4.55. The van der Waals surface area contributed by atoms with E-state index in [1.54, 1.807) is 23.9 Å². The van der Waals surface area contributed by atoms with Gasteiger partial charge < -0.3 is 13.9 Å². The summed E-state index contributed by atoms with van der Waals surface area (Å²) in [6.45, 7) is 4.79. The van der Waals surface area contributed by atoms with Crippen LogP contribution in [0.2, 0.25) is 0 Å². The number of hydrogen-bond donors (Lipinski definition) is 0. The Labute approximate surface area is 188 Å². The van der Waals surface area contributed by atoms with Gasteiger partial charge >= 0.3 is 6.18 Å². The van der Waals surface area contributed by atoms with Crippen molar-refractivity contribution < 1.29 is 17.6 Å². The molecule has 10 heteroatoms. The van der Waals surface area contributed by atoms with Gasteiger partial charge in [-0.3, -0.25) is 0 Å². The van der Waals surface area contributed by atoms with Gasteiger partial charge in [0.15, 0.2) is 17.3 Å². The average molecular weight is 464 g/mol. The van der Waals surface area contributed by atoms with E-state index >= 15 is 0 Å². The summed E-state index contributed by atoms with van der Waals surface area (Å²) in [5, 5.41) is 9.34. The van der Waals surface area contributed by atoms with Gasteiger partial charge in [-0.2, -0.15) is 13.2 Å². The lowest BCUT2D eigenvalue weighted by Crippen LogP contribution is -2.28. The minimum atomic E-state index is -4.28. The van der Waals surface area contributed by atoms with Crippen LogP contribution in [0, 0.1) is 12.8 Å². The normalized spacial score (nSPS) is 23.0. The van der Waals surface area contributed by atoms with E-state index in [9.17, 15) is 13.2 Å². The molecule has 1 aliphatic carbocycles. The Morgan fingerprint density at radius 2 is 2.00 bits per heavy atom. The Kier molecular flexibility index (Phi) is 5.32. The number of rotatable bonds is 7. The number of hydrogen-bond acceptors (Lipinski definition) is 6. The number of nitrogens with zero attached hydrogens (tertiary/aromatic N) is 5. The summed E-state index contributed by atoms with van der Waals surface area (Å²) >= 11 is 1.66. The van der Waals surface area contributed by atoms with Gasteiger partial charge in [-0.15, -0.1) is 10.2 Å². The summed E-state index contributed by atoms with van der Waals surface area (Å²) in [5.74, 6) is 2.77. The Bertz CT molecular complexity index is 1110. The molecule has 0 bridgehead atoms. The first-order valence-electron chi connectivity index (χ1n) is 10.6. The van der Waals surface area contributed by atoms with Crippen LogP contribution in [0.1, 0.15) is 29.7 Å². The molecule has 2 fully saturated rings. The lowest BCUT2D eigenvalue weighted by Gasteiger charge is -2.21. The van der Waals surface area contributed by atoms with Crippen molar-refractivity contribution in [2.24, 2.45) is 13.0 Å². The summed E-state index contributed by atoms with van der Waals surface area (Å²) in [5.41, 5.74) is 1.30. The molecule has 0 N–H and O–H groups in total. The van der Waals surface area contributed by atoms with Gasteiger partial charge in [-0.05, 0) is 49.9 Å². The van der Waals surface area contributed by atoms with E-state index in [1.807, 2.05) is 18.5 Å². The maximum atomic E-state index is 12.8. The van der Waals surface area contributed by atoms with Crippen LogP contribution >= 0.6 is 11.8 Å². The molecule has 2 unspecified atom stereocenters. The highest BCUT2D eigenvalue weighted by Crippen LogP contribution is 2.59. The second-order valence-electron chi connectivity index (χ2n) is 8.70. The van der Waals surface area contributed by atoms with Crippen molar-refractivity contribution >= 4 is 11.8 Å². The SMILES string of the molecule is Cc1ncoc1-c1nnc(SCCCN2CC3CC3(c3ccc(C(F)(F)F)cc3)C2)n1C. The van der Waals surface area contributed by atoms with Crippen LogP contribution in [0.4, 0.5) is 13.2 Å². The zero-order valence-electron chi connectivity index (χ0n) is 17.9. The minimum absolute atomic E-state index is 0.0463. The molecule has 6 nitrogen and oxygen atoms in total. The maximum Gasteiger partial charge on any atom is 0.416 e. The number of piperidine rings is 1. The molecule has 3 aromatic rings. The third kappa shape index (κ3) is 3.83. The van der Waals surface area contributed by atoms with Crippen molar-refractivity contribution in [1.29, 1.82) is 0 Å². The van der Waals surface area contributed by atoms with Crippen molar-refractivity contribution in [1.82, 2.24) is 24.6 Å². The summed E-state index contributed by atoms with van der Waals surface area (Å²) in [6, 6.07) is 5.77. The number of likely N-dealkylation sites (tertiary alicyclic amines) is 1. The molecule has 0 radical (unpaired) electrons. The lowest BCUT2D eigenvalue weighted by molar-refractivity contribution is -0.137. The smallest absolute Gasteiger partial charge is 0.416 e. The predicted molar refractivity (Wildman–Crippen MR) is 114 cm³/mol. The van der Waals surface area contributed by atoms with Crippen molar-refractivity contribution in [2.75, 3.05) is 25.4 Å². The van der Waals surface area contributed by atoms with Gasteiger partial charge in [-0.1, -0.05) is 23.9 Å². The Morgan fingerprint density at radius 1 is 1.22 bits per heavy atom. The number of aryl methyl sites for hydroxylation is 1. The molecule has 3 heterocycles. The Morgan fingerprint density at radius 3 is 2.69 bits per heavy atom. The van der Waals surface area contributed by atoms with Crippen LogP contribution in [-0.4, -0.2) is 50.0 Å². The molecular weight excluding hydrogens is 439 g/mol. The molecule has 170 valence electrons. The minimum Gasteiger partial charge on any atom is -0.440 e. The van der Waals surface area contributed by atoms with E-state index in [0.717, 1.165) is 54.6 Å². The van der Waals surface area contributed by atoms with E-state index < -0.39 is 11.7 Å². The van der Waals surface area contributed by atoms with Crippen LogP contribution in [0.25, 0.3) is 11.6 Å². The molecule has 1 saturated carbocycles. The van der Waals surface area contributed by atoms with Crippen molar-refractivity contribution in [3.63, 3.8) is 0 Å². The molecule has 1 aromatic carbocycles. The standard InChI is InChI=1S/C22H24F3N5OS/c1-14-18(31-13-26-14)19-27-28-20(29(19)2)32-9-3-8-30-11-17-10-21(17,12-30)15-4-6-16(7-5-15)22(23,24)25/h4-7,13,17H,3,8-12H2,1-2H3. The number of aromatic nitrogens is 4. The van der Waals surface area contributed by atoms with E-state index in [4.69, 9.17) is 4.42 Å². The van der Waals surface area contributed by atoms with E-state index in [-0.39, 0.29) is 5.41 Å². The average Bonchev–Trinajstić information content (AvgIpc) is 3.05. The fourth-order valence-electron chi connectivity index (χ4n) is 4.80. The zero-order valence-corrected chi connectivity index (χ0v) is 18.7. The highest BCUT2D eigenvalue weighted by Gasteiger charge is 2.60. The largest absolute Gasteiger partial charge is 0.440 e. The number of halogens is 3. The first-order valence-corrected chi connectivity index (χ1v) is 11.6. The van der Waals surface area contributed by atoms with Gasteiger partial charge in [0.05, 0.1) is 11.3 Å². The van der Waals surface area contributed by atoms with Crippen LogP contribution in [-0.2, 0) is 18.6 Å². The molecule has 2 aromatic heterocycles. The summed E-state index contributed by atoms with van der Waals surface area (Å²) < 4.78 is 45.9. The third-order valence-corrected chi connectivity index (χ3v) is 7.74. The second-order valence-corrected chi connectivity index (χ2v) is 9.76. The number of thioether (sulfide) groups is 1. The van der Waals surface area contributed by atoms with Crippen LogP contribution in [0.15, 0.2) is 40.2 Å². The first kappa shape index (κ1) is 21.5. The van der Waals surface area contributed by atoms with E-state index in [1.165, 1.54) is 18.5 Å². The number of oxazole rings is 1.